The number of fused-ring (bicyclic) bond motifs is 1. The third-order valence-electron chi connectivity index (χ3n) is 3.80. The van der Waals surface area contributed by atoms with Gasteiger partial charge in [-0.1, -0.05) is 18.2 Å². The number of carbonyl (C=O) groups excluding carboxylic acids is 1. The van der Waals surface area contributed by atoms with Gasteiger partial charge >= 0.3 is 5.97 Å². The summed E-state index contributed by atoms with van der Waals surface area (Å²) in [7, 11) is 0. The van der Waals surface area contributed by atoms with Crippen molar-refractivity contribution in [1.82, 2.24) is 0 Å². The summed E-state index contributed by atoms with van der Waals surface area (Å²) in [6, 6.07) is 0. The van der Waals surface area contributed by atoms with Gasteiger partial charge in [0.05, 0.1) is 6.61 Å². The highest BCUT2D eigenvalue weighted by Crippen LogP contribution is 2.34. The van der Waals surface area contributed by atoms with E-state index in [0.717, 1.165) is 31.3 Å². The van der Waals surface area contributed by atoms with Crippen LogP contribution in [0.15, 0.2) is 35.5 Å². The summed E-state index contributed by atoms with van der Waals surface area (Å²) >= 11 is 5.93. The first-order valence-corrected chi connectivity index (χ1v) is 7.13. The number of hydrogen-bond donors (Lipinski definition) is 1. The van der Waals surface area contributed by atoms with E-state index in [1.807, 2.05) is 6.08 Å². The van der Waals surface area contributed by atoms with Crippen molar-refractivity contribution in [3.63, 3.8) is 0 Å². The molecule has 2 atom stereocenters. The van der Waals surface area contributed by atoms with E-state index in [-0.39, 0.29) is 24.6 Å². The molecule has 1 N–H and O–H groups in total. The molecule has 0 aromatic rings. The molecule has 0 aromatic carbocycles. The molecule has 1 heterocycles. The largest absolute Gasteiger partial charge is 0.454 e. The molecule has 2 aliphatic rings. The fourth-order valence-corrected chi connectivity index (χ4v) is 2.84. The minimum absolute atomic E-state index is 0.00114. The zero-order chi connectivity index (χ0) is 13.8. The van der Waals surface area contributed by atoms with Gasteiger partial charge in [0, 0.05) is 17.4 Å². The average Bonchev–Trinajstić information content (AvgIpc) is 2.68. The lowest BCUT2D eigenvalue weighted by molar-refractivity contribution is -0.137. The van der Waals surface area contributed by atoms with Crippen LogP contribution in [0.5, 0.6) is 0 Å². The molecule has 1 aliphatic carbocycles. The first-order valence-electron chi connectivity index (χ1n) is 6.59. The molecule has 3 nitrogen and oxygen atoms in total. The summed E-state index contributed by atoms with van der Waals surface area (Å²) in [6.45, 7) is 3.83. The molecule has 19 heavy (non-hydrogen) atoms. The predicted molar refractivity (Wildman–Crippen MR) is 74.9 cm³/mol. The van der Waals surface area contributed by atoms with Crippen LogP contribution in [0.3, 0.4) is 0 Å². The maximum absolute atomic E-state index is 11.6. The summed E-state index contributed by atoms with van der Waals surface area (Å²) in [5.41, 5.74) is 2.63. The van der Waals surface area contributed by atoms with Crippen molar-refractivity contribution in [1.29, 1.82) is 0 Å². The Labute approximate surface area is 118 Å². The lowest BCUT2D eigenvalue weighted by atomic mass is 9.88. The Morgan fingerprint density at radius 1 is 1.42 bits per heavy atom. The smallest absolute Gasteiger partial charge is 0.334 e. The fourth-order valence-electron chi connectivity index (χ4n) is 2.59. The molecule has 0 amide bonds. The first kappa shape index (κ1) is 14.4. The van der Waals surface area contributed by atoms with Crippen molar-refractivity contribution in [2.45, 2.75) is 31.8 Å². The molecule has 0 saturated carbocycles. The Morgan fingerprint density at radius 3 is 2.89 bits per heavy atom. The number of carbonyl (C=O) groups is 1. The molecule has 104 valence electrons. The van der Waals surface area contributed by atoms with E-state index >= 15 is 0 Å². The lowest BCUT2D eigenvalue weighted by Gasteiger charge is -2.18. The van der Waals surface area contributed by atoms with Crippen LogP contribution >= 0.6 is 11.6 Å². The number of rotatable bonds is 2. The van der Waals surface area contributed by atoms with E-state index in [2.05, 4.69) is 12.7 Å². The standard InChI is InChI=1S/C15H19ClO3/c1-10-13-6-5-11(8-16)3-2-4-12(9-17)7-14(13)19-15(10)18/h3,7,13-14,17H,1-2,4-6,8-9H2/b11-3+,12-7+/t13-,14+/m0/s1. The van der Waals surface area contributed by atoms with Crippen molar-refractivity contribution in [2.24, 2.45) is 5.92 Å². The minimum Gasteiger partial charge on any atom is -0.454 e. The third-order valence-corrected chi connectivity index (χ3v) is 4.14. The van der Waals surface area contributed by atoms with Gasteiger partial charge in [0.1, 0.15) is 6.10 Å². The number of ether oxygens (including phenoxy) is 1. The number of aliphatic hydroxyl groups excluding tert-OH is 1. The number of aliphatic hydroxyl groups is 1. The maximum Gasteiger partial charge on any atom is 0.334 e. The monoisotopic (exact) mass is 282 g/mol. The van der Waals surface area contributed by atoms with Crippen LogP contribution in [0, 0.1) is 5.92 Å². The normalized spacial score (nSPS) is 33.8. The molecule has 0 bridgehead atoms. The van der Waals surface area contributed by atoms with E-state index in [1.165, 1.54) is 5.57 Å². The second kappa shape index (κ2) is 6.40. The van der Waals surface area contributed by atoms with Gasteiger partial charge in [-0.25, -0.2) is 4.79 Å². The summed E-state index contributed by atoms with van der Waals surface area (Å²) in [5.74, 6) is 0.189. The van der Waals surface area contributed by atoms with Gasteiger partial charge in [-0.2, -0.15) is 0 Å². The molecule has 2 rings (SSSR count). The zero-order valence-corrected chi connectivity index (χ0v) is 11.7. The zero-order valence-electron chi connectivity index (χ0n) is 10.9. The van der Waals surface area contributed by atoms with Crippen LogP contribution in [0.2, 0.25) is 0 Å². The second-order valence-electron chi connectivity index (χ2n) is 5.06. The molecule has 0 unspecified atom stereocenters. The van der Waals surface area contributed by atoms with Gasteiger partial charge in [-0.05, 0) is 37.3 Å². The molecule has 1 saturated heterocycles. The Kier molecular flexibility index (Phi) is 4.83. The Hall–Kier alpha value is -1.06. The Balaban J connectivity index is 2.25. The van der Waals surface area contributed by atoms with E-state index in [1.54, 1.807) is 0 Å². The first-order chi connectivity index (χ1) is 9.15. The minimum atomic E-state index is -0.320. The van der Waals surface area contributed by atoms with Crippen molar-refractivity contribution in [2.75, 3.05) is 12.5 Å². The van der Waals surface area contributed by atoms with Crippen LogP contribution in [0.25, 0.3) is 0 Å². The third kappa shape index (κ3) is 3.28. The summed E-state index contributed by atoms with van der Waals surface area (Å²) in [5, 5.41) is 9.37. The molecule has 0 spiro atoms. The Bertz CT molecular complexity index is 437. The highest BCUT2D eigenvalue weighted by atomic mass is 35.5. The van der Waals surface area contributed by atoms with Crippen molar-refractivity contribution >= 4 is 17.6 Å². The molecule has 0 radical (unpaired) electrons. The highest BCUT2D eigenvalue weighted by molar-refractivity contribution is 6.19. The van der Waals surface area contributed by atoms with Crippen molar-refractivity contribution in [3.05, 3.63) is 35.5 Å². The molecule has 1 aliphatic heterocycles. The van der Waals surface area contributed by atoms with Gasteiger partial charge in [-0.15, -0.1) is 11.6 Å². The maximum atomic E-state index is 11.6. The van der Waals surface area contributed by atoms with Crippen molar-refractivity contribution in [3.8, 4) is 0 Å². The van der Waals surface area contributed by atoms with Crippen LogP contribution < -0.4 is 0 Å². The summed E-state index contributed by atoms with van der Waals surface area (Å²) in [6.07, 6.45) is 7.05. The number of alkyl halides is 1. The fraction of sp³-hybridized carbons (Fsp3) is 0.533. The Morgan fingerprint density at radius 2 is 2.21 bits per heavy atom. The molecule has 0 aromatic heterocycles. The van der Waals surface area contributed by atoms with E-state index in [4.69, 9.17) is 16.3 Å². The van der Waals surface area contributed by atoms with Crippen LogP contribution in [0.1, 0.15) is 25.7 Å². The molecular weight excluding hydrogens is 264 g/mol. The quantitative estimate of drug-likeness (QED) is 0.367. The van der Waals surface area contributed by atoms with Gasteiger partial charge in [-0.3, -0.25) is 0 Å². The van der Waals surface area contributed by atoms with Gasteiger partial charge < -0.3 is 9.84 Å². The highest BCUT2D eigenvalue weighted by Gasteiger charge is 2.37. The topological polar surface area (TPSA) is 46.5 Å². The van der Waals surface area contributed by atoms with Gasteiger partial charge in [0.25, 0.3) is 0 Å². The lowest BCUT2D eigenvalue weighted by Crippen LogP contribution is -2.16. The molecular formula is C15H19ClO3. The van der Waals surface area contributed by atoms with E-state index in [9.17, 15) is 9.90 Å². The summed E-state index contributed by atoms with van der Waals surface area (Å²) in [4.78, 5) is 11.6. The number of esters is 1. The van der Waals surface area contributed by atoms with Crippen LogP contribution in [-0.4, -0.2) is 29.7 Å². The van der Waals surface area contributed by atoms with Gasteiger partial charge in [0.2, 0.25) is 0 Å². The van der Waals surface area contributed by atoms with Crippen molar-refractivity contribution < 1.29 is 14.6 Å². The SMILES string of the molecule is C=C1C(=O)O[C@@H]2/C=C(/CO)CC/C=C(/CCl)CC[C@@H]12. The van der Waals surface area contributed by atoms with Crippen LogP contribution in [-0.2, 0) is 9.53 Å². The number of hydrogen-bond acceptors (Lipinski definition) is 3. The average molecular weight is 283 g/mol. The van der Waals surface area contributed by atoms with Gasteiger partial charge in [0.15, 0.2) is 0 Å². The van der Waals surface area contributed by atoms with E-state index in [0.29, 0.717) is 11.5 Å². The predicted octanol–water partition coefficient (Wildman–Crippen LogP) is 2.74. The molecule has 4 heteroatoms. The number of allylic oxidation sites excluding steroid dienone is 2. The number of halogens is 1. The molecule has 1 fully saturated rings. The van der Waals surface area contributed by atoms with E-state index < -0.39 is 0 Å². The second-order valence-corrected chi connectivity index (χ2v) is 5.33. The van der Waals surface area contributed by atoms with Crippen LogP contribution in [0.4, 0.5) is 0 Å². The summed E-state index contributed by atoms with van der Waals surface area (Å²) < 4.78 is 5.33.